The molecule has 1 aliphatic rings. The summed E-state index contributed by atoms with van der Waals surface area (Å²) < 4.78 is 1.51. The van der Waals surface area contributed by atoms with Gasteiger partial charge in [0.05, 0.1) is 17.4 Å². The lowest BCUT2D eigenvalue weighted by Crippen LogP contribution is -2.10. The van der Waals surface area contributed by atoms with Crippen LogP contribution in [-0.2, 0) is 0 Å². The van der Waals surface area contributed by atoms with Crippen LogP contribution in [0.25, 0.3) is 0 Å². The average Bonchev–Trinajstić information content (AvgIpc) is 2.58. The molecule has 0 bridgehead atoms. The fraction of sp³-hybridized carbons (Fsp3) is 0.214. The van der Waals surface area contributed by atoms with Crippen LogP contribution in [0.4, 0.5) is 17.2 Å². The van der Waals surface area contributed by atoms with Gasteiger partial charge < -0.3 is 5.32 Å². The van der Waals surface area contributed by atoms with Gasteiger partial charge in [0.15, 0.2) is 5.82 Å². The Morgan fingerprint density at radius 3 is 2.71 bits per heavy atom. The Bertz CT molecular complexity index is 665. The second kappa shape index (κ2) is 6.78. The SMILES string of the molecule is CCC.O=C1Nc2cnc(Cl)nc2N(S)c2ccccc21. The summed E-state index contributed by atoms with van der Waals surface area (Å²) in [7, 11) is 0. The number of thiol groups is 1. The van der Waals surface area contributed by atoms with Gasteiger partial charge in [-0.3, -0.25) is 9.10 Å². The van der Waals surface area contributed by atoms with E-state index in [0.717, 1.165) is 0 Å². The van der Waals surface area contributed by atoms with Gasteiger partial charge in [0.25, 0.3) is 5.91 Å². The van der Waals surface area contributed by atoms with E-state index in [2.05, 4.69) is 41.9 Å². The Hall–Kier alpha value is -1.79. The molecule has 0 saturated heterocycles. The highest BCUT2D eigenvalue weighted by atomic mass is 35.5. The number of halogens is 1. The maximum absolute atomic E-state index is 12.0. The molecule has 0 atom stereocenters. The molecule has 0 saturated carbocycles. The Kier molecular flexibility index (Phi) is 5.03. The van der Waals surface area contributed by atoms with E-state index in [1.807, 2.05) is 6.07 Å². The summed E-state index contributed by atoms with van der Waals surface area (Å²) in [6.07, 6.45) is 2.71. The molecule has 0 fully saturated rings. The normalized spacial score (nSPS) is 12.4. The van der Waals surface area contributed by atoms with Crippen LogP contribution >= 0.6 is 24.4 Å². The molecule has 1 N–H and O–H groups in total. The van der Waals surface area contributed by atoms with Crippen molar-refractivity contribution in [2.75, 3.05) is 9.62 Å². The zero-order valence-corrected chi connectivity index (χ0v) is 13.3. The van der Waals surface area contributed by atoms with Crippen molar-refractivity contribution in [1.29, 1.82) is 0 Å². The number of hydrogen-bond acceptors (Lipinski definition) is 5. The molecule has 1 aromatic heterocycles. The number of para-hydroxylation sites is 1. The molecule has 2 heterocycles. The van der Waals surface area contributed by atoms with E-state index >= 15 is 0 Å². The first kappa shape index (κ1) is 15.6. The van der Waals surface area contributed by atoms with Gasteiger partial charge in [-0.15, -0.1) is 0 Å². The molecule has 1 amide bonds. The number of carbonyl (C=O) groups is 1. The van der Waals surface area contributed by atoms with Crippen LogP contribution in [0.15, 0.2) is 30.5 Å². The topological polar surface area (TPSA) is 58.1 Å². The molecule has 7 heteroatoms. The third-order valence-corrected chi connectivity index (χ3v) is 3.15. The number of rotatable bonds is 0. The van der Waals surface area contributed by atoms with Gasteiger partial charge in [0.2, 0.25) is 5.28 Å². The molecule has 5 nitrogen and oxygen atoms in total. The summed E-state index contributed by atoms with van der Waals surface area (Å²) in [4.78, 5) is 20.0. The second-order valence-electron chi connectivity index (χ2n) is 4.37. The first-order valence-corrected chi connectivity index (χ1v) is 7.28. The van der Waals surface area contributed by atoms with Crippen LogP contribution < -0.4 is 9.62 Å². The van der Waals surface area contributed by atoms with Gasteiger partial charge in [-0.1, -0.05) is 45.2 Å². The maximum atomic E-state index is 12.0. The highest BCUT2D eigenvalue weighted by Gasteiger charge is 2.24. The first-order chi connectivity index (χ1) is 10.1. The van der Waals surface area contributed by atoms with Crippen LogP contribution in [-0.4, -0.2) is 15.9 Å². The lowest BCUT2D eigenvalue weighted by molar-refractivity contribution is 0.102. The summed E-state index contributed by atoms with van der Waals surface area (Å²) in [5.41, 5.74) is 1.63. The third kappa shape index (κ3) is 3.28. The molecule has 21 heavy (non-hydrogen) atoms. The van der Waals surface area contributed by atoms with Gasteiger partial charge >= 0.3 is 0 Å². The minimum absolute atomic E-state index is 0.0985. The second-order valence-corrected chi connectivity index (χ2v) is 5.10. The number of benzene rings is 1. The van der Waals surface area contributed by atoms with Crippen molar-refractivity contribution >= 4 is 47.5 Å². The van der Waals surface area contributed by atoms with Crippen LogP contribution in [0.2, 0.25) is 5.28 Å². The van der Waals surface area contributed by atoms with Crippen molar-refractivity contribution in [3.8, 4) is 0 Å². The summed E-state index contributed by atoms with van der Waals surface area (Å²) in [6, 6.07) is 7.11. The predicted octanol–water partition coefficient (Wildman–Crippen LogP) is 4.09. The number of carbonyl (C=O) groups excluding carboxylic acids is 1. The number of amides is 1. The molecule has 0 radical (unpaired) electrons. The number of fused-ring (bicyclic) bond motifs is 2. The molecule has 0 aliphatic carbocycles. The number of nitrogens with one attached hydrogen (secondary N) is 1. The van der Waals surface area contributed by atoms with Crippen molar-refractivity contribution in [3.05, 3.63) is 41.3 Å². The summed E-state index contributed by atoms with van der Waals surface area (Å²) >= 11 is 10.1. The molecule has 0 spiro atoms. The number of anilines is 3. The Balaban J connectivity index is 0.000000497. The van der Waals surface area contributed by atoms with Crippen LogP contribution in [0, 0.1) is 0 Å². The zero-order valence-electron chi connectivity index (χ0n) is 11.7. The van der Waals surface area contributed by atoms with Crippen LogP contribution in [0.5, 0.6) is 0 Å². The summed E-state index contributed by atoms with van der Waals surface area (Å²) in [5, 5.41) is 2.82. The van der Waals surface area contributed by atoms with Crippen LogP contribution in [0.1, 0.15) is 30.6 Å². The van der Waals surface area contributed by atoms with E-state index in [0.29, 0.717) is 22.8 Å². The Morgan fingerprint density at radius 2 is 2.00 bits per heavy atom. The first-order valence-electron chi connectivity index (χ1n) is 6.50. The molecule has 0 unspecified atom stereocenters. The fourth-order valence-electron chi connectivity index (χ4n) is 1.76. The van der Waals surface area contributed by atoms with Crippen molar-refractivity contribution in [2.24, 2.45) is 0 Å². The summed E-state index contributed by atoms with van der Waals surface area (Å²) in [5.74, 6) is 0.214. The van der Waals surface area contributed by atoms with Crippen molar-refractivity contribution in [3.63, 3.8) is 0 Å². The molecular formula is C14H15ClN4OS. The van der Waals surface area contributed by atoms with Crippen LogP contribution in [0.3, 0.4) is 0 Å². The van der Waals surface area contributed by atoms with E-state index in [9.17, 15) is 4.79 Å². The van der Waals surface area contributed by atoms with Crippen molar-refractivity contribution in [2.45, 2.75) is 20.3 Å². The van der Waals surface area contributed by atoms with Gasteiger partial charge in [0.1, 0.15) is 5.69 Å². The quantitative estimate of drug-likeness (QED) is 0.566. The Morgan fingerprint density at radius 1 is 1.33 bits per heavy atom. The van der Waals surface area contributed by atoms with E-state index < -0.39 is 0 Å². The smallest absolute Gasteiger partial charge is 0.257 e. The number of nitrogens with zero attached hydrogens (tertiary/aromatic N) is 3. The molecule has 110 valence electrons. The molecule has 3 rings (SSSR count). The fourth-order valence-corrected chi connectivity index (χ4v) is 2.21. The van der Waals surface area contributed by atoms with E-state index in [1.165, 1.54) is 16.9 Å². The highest BCUT2D eigenvalue weighted by molar-refractivity contribution is 7.82. The van der Waals surface area contributed by atoms with Gasteiger partial charge in [0, 0.05) is 0 Å². The maximum Gasteiger partial charge on any atom is 0.257 e. The summed E-state index contributed by atoms with van der Waals surface area (Å²) in [6.45, 7) is 4.25. The largest absolute Gasteiger partial charge is 0.317 e. The zero-order chi connectivity index (χ0) is 15.4. The van der Waals surface area contributed by atoms with Gasteiger partial charge in [-0.2, -0.15) is 4.98 Å². The molecule has 1 aromatic carbocycles. The number of aromatic nitrogens is 2. The standard InChI is InChI=1S/C11H7ClN4OS.C3H8/c12-11-13-5-7-9(15-11)16(18)8-4-2-1-3-6(8)10(17)14-7;1-3-2/h1-5,18H,(H,14,17);3H2,1-2H3. The van der Waals surface area contributed by atoms with Gasteiger partial charge in [-0.25, -0.2) is 4.98 Å². The van der Waals surface area contributed by atoms with E-state index in [-0.39, 0.29) is 11.2 Å². The predicted molar refractivity (Wildman–Crippen MR) is 88.5 cm³/mol. The van der Waals surface area contributed by atoms with E-state index in [1.54, 1.807) is 18.2 Å². The lowest BCUT2D eigenvalue weighted by atomic mass is 10.1. The average molecular weight is 323 g/mol. The minimum atomic E-state index is -0.227. The van der Waals surface area contributed by atoms with Gasteiger partial charge in [-0.05, 0) is 23.7 Å². The number of hydrogen-bond donors (Lipinski definition) is 2. The van der Waals surface area contributed by atoms with Crippen molar-refractivity contribution < 1.29 is 4.79 Å². The highest BCUT2D eigenvalue weighted by Crippen LogP contribution is 2.37. The van der Waals surface area contributed by atoms with E-state index in [4.69, 9.17) is 11.6 Å². The Labute approximate surface area is 133 Å². The molecular weight excluding hydrogens is 308 g/mol. The van der Waals surface area contributed by atoms with Crippen molar-refractivity contribution in [1.82, 2.24) is 9.97 Å². The minimum Gasteiger partial charge on any atom is -0.317 e. The molecule has 2 aromatic rings. The lowest BCUT2D eigenvalue weighted by Gasteiger charge is -2.17. The monoisotopic (exact) mass is 322 g/mol. The molecule has 1 aliphatic heterocycles. The third-order valence-electron chi connectivity index (χ3n) is 2.56.